The minimum atomic E-state index is -0.595. The Bertz CT molecular complexity index is 1460. The molecule has 0 saturated carbocycles. The van der Waals surface area contributed by atoms with E-state index in [2.05, 4.69) is 10.6 Å². The first kappa shape index (κ1) is 32.3. The van der Waals surface area contributed by atoms with Gasteiger partial charge >= 0.3 is 0 Å². The Kier molecular flexibility index (Phi) is 10.1. The molecule has 4 heterocycles. The number of rotatable bonds is 13. The summed E-state index contributed by atoms with van der Waals surface area (Å²) in [6.07, 6.45) is 8.01. The van der Waals surface area contributed by atoms with Gasteiger partial charge in [0.05, 0.1) is 0 Å². The van der Waals surface area contributed by atoms with Gasteiger partial charge in [-0.05, 0) is 72.6 Å². The van der Waals surface area contributed by atoms with Crippen molar-refractivity contribution in [3.8, 4) is 0 Å². The van der Waals surface area contributed by atoms with Gasteiger partial charge in [-0.15, -0.1) is 23.5 Å². The Labute approximate surface area is 276 Å². The summed E-state index contributed by atoms with van der Waals surface area (Å²) < 4.78 is 0. The summed E-state index contributed by atoms with van der Waals surface area (Å²) in [6, 6.07) is 10.4. The van der Waals surface area contributed by atoms with Gasteiger partial charge in [-0.2, -0.15) is 0 Å². The van der Waals surface area contributed by atoms with Crippen molar-refractivity contribution in [1.29, 1.82) is 0 Å². The Morgan fingerprint density at radius 2 is 1.00 bits per heavy atom. The monoisotopic (exact) mass is 662 g/mol. The molecule has 46 heavy (non-hydrogen) atoms. The number of piperidine rings is 2. The van der Waals surface area contributed by atoms with Crippen molar-refractivity contribution in [2.24, 2.45) is 0 Å². The van der Waals surface area contributed by atoms with Gasteiger partial charge in [-0.25, -0.2) is 0 Å². The lowest BCUT2D eigenvalue weighted by Gasteiger charge is -2.29. The molecule has 2 atom stereocenters. The maximum atomic E-state index is 13.0. The zero-order valence-corrected chi connectivity index (χ0v) is 27.3. The molecule has 2 N–H and O–H groups in total. The molecule has 0 bridgehead atoms. The maximum Gasteiger partial charge on any atom is 0.255 e. The fourth-order valence-electron chi connectivity index (χ4n) is 6.66. The Balaban J connectivity index is 0.882. The van der Waals surface area contributed by atoms with Crippen molar-refractivity contribution < 1.29 is 28.8 Å². The highest BCUT2D eigenvalue weighted by atomic mass is 32.2. The van der Waals surface area contributed by atoms with Crippen molar-refractivity contribution in [2.45, 2.75) is 99.2 Å². The van der Waals surface area contributed by atoms with Gasteiger partial charge in [0.2, 0.25) is 23.6 Å². The van der Waals surface area contributed by atoms with Crippen LogP contribution < -0.4 is 10.6 Å². The molecule has 4 aliphatic rings. The number of nitrogens with one attached hydrogen (secondary N) is 2. The van der Waals surface area contributed by atoms with E-state index >= 15 is 0 Å². The van der Waals surface area contributed by atoms with Crippen LogP contribution in [0, 0.1) is 0 Å². The fraction of sp³-hybridized carbons (Fsp3) is 0.471. The number of carbonyl (C=O) groups is 6. The van der Waals surface area contributed by atoms with Crippen LogP contribution in [0.2, 0.25) is 0 Å². The lowest BCUT2D eigenvalue weighted by molar-refractivity contribution is -0.138. The van der Waals surface area contributed by atoms with Crippen LogP contribution in [0.4, 0.5) is 0 Å². The number of benzene rings is 2. The molecule has 2 saturated heterocycles. The molecule has 0 aliphatic carbocycles. The van der Waals surface area contributed by atoms with Crippen molar-refractivity contribution >= 4 is 59.0 Å². The number of amides is 6. The molecule has 2 fully saturated rings. The normalized spacial score (nSPS) is 21.0. The largest absolute Gasteiger partial charge is 0.322 e. The zero-order chi connectivity index (χ0) is 32.2. The minimum absolute atomic E-state index is 0.135. The standard InChI is InChI=1S/C34H38N4O6S2/c39-29-15-13-25(31(41)35-29)37-19-23-21(33(37)43)9-7-11-27(23)45-17-5-3-1-2-4-6-18-46-28-12-8-10-22-24(28)20-38(34(22)44)26-14-16-30(40)36-32(26)42/h7-12,25-26H,1-6,13-20H2,(H,35,39,41)(H,36,40,42). The maximum absolute atomic E-state index is 13.0. The van der Waals surface area contributed by atoms with Gasteiger partial charge in [-0.3, -0.25) is 39.4 Å². The van der Waals surface area contributed by atoms with E-state index in [0.29, 0.717) is 37.1 Å². The number of carbonyl (C=O) groups excluding carboxylic acids is 6. The Morgan fingerprint density at radius 3 is 1.41 bits per heavy atom. The summed E-state index contributed by atoms with van der Waals surface area (Å²) in [4.78, 5) is 79.3. The summed E-state index contributed by atoms with van der Waals surface area (Å²) in [5.41, 5.74) is 3.28. The average Bonchev–Trinajstić information content (AvgIpc) is 3.55. The lowest BCUT2D eigenvalue weighted by atomic mass is 10.0. The predicted octanol–water partition coefficient (Wildman–Crippen LogP) is 4.43. The van der Waals surface area contributed by atoms with E-state index in [1.165, 1.54) is 0 Å². The highest BCUT2D eigenvalue weighted by Gasteiger charge is 2.41. The lowest BCUT2D eigenvalue weighted by Crippen LogP contribution is -2.52. The average molecular weight is 663 g/mol. The molecular formula is C34H38N4O6S2. The number of fused-ring (bicyclic) bond motifs is 2. The third-order valence-electron chi connectivity index (χ3n) is 9.13. The molecule has 6 amide bonds. The second-order valence-corrected chi connectivity index (χ2v) is 14.5. The van der Waals surface area contributed by atoms with Crippen LogP contribution >= 0.6 is 23.5 Å². The number of thioether (sulfide) groups is 2. The van der Waals surface area contributed by atoms with Crippen LogP contribution in [-0.2, 0) is 32.3 Å². The third kappa shape index (κ3) is 6.88. The minimum Gasteiger partial charge on any atom is -0.322 e. The molecular weight excluding hydrogens is 625 g/mol. The van der Waals surface area contributed by atoms with Crippen molar-refractivity contribution in [3.63, 3.8) is 0 Å². The summed E-state index contributed by atoms with van der Waals surface area (Å²) >= 11 is 3.53. The van der Waals surface area contributed by atoms with E-state index in [0.717, 1.165) is 70.9 Å². The van der Waals surface area contributed by atoms with E-state index in [1.807, 2.05) is 36.4 Å². The molecule has 2 aromatic rings. The Morgan fingerprint density at radius 1 is 0.587 bits per heavy atom. The molecule has 242 valence electrons. The summed E-state index contributed by atoms with van der Waals surface area (Å²) in [6.45, 7) is 0.809. The Hall–Kier alpha value is -3.64. The van der Waals surface area contributed by atoms with E-state index in [9.17, 15) is 28.8 Å². The molecule has 10 nitrogen and oxygen atoms in total. The predicted molar refractivity (Wildman–Crippen MR) is 174 cm³/mol. The molecule has 0 spiro atoms. The summed E-state index contributed by atoms with van der Waals surface area (Å²) in [5.74, 6) is 0.326. The first-order valence-electron chi connectivity index (χ1n) is 16.1. The zero-order valence-electron chi connectivity index (χ0n) is 25.7. The second-order valence-electron chi connectivity index (χ2n) is 12.2. The van der Waals surface area contributed by atoms with Crippen LogP contribution in [0.3, 0.4) is 0 Å². The highest BCUT2D eigenvalue weighted by molar-refractivity contribution is 7.99. The quantitative estimate of drug-likeness (QED) is 0.183. The first-order valence-corrected chi connectivity index (χ1v) is 18.1. The number of hydrogen-bond acceptors (Lipinski definition) is 8. The topological polar surface area (TPSA) is 133 Å². The van der Waals surface area contributed by atoms with Gasteiger partial charge in [0.25, 0.3) is 11.8 Å². The van der Waals surface area contributed by atoms with Crippen LogP contribution in [-0.4, -0.2) is 68.8 Å². The number of hydrogen-bond donors (Lipinski definition) is 2. The van der Waals surface area contributed by atoms with E-state index in [4.69, 9.17) is 0 Å². The highest BCUT2D eigenvalue weighted by Crippen LogP contribution is 2.36. The second kappa shape index (κ2) is 14.4. The van der Waals surface area contributed by atoms with Gasteiger partial charge in [0.15, 0.2) is 0 Å². The molecule has 0 radical (unpaired) electrons. The van der Waals surface area contributed by atoms with E-state index in [1.54, 1.807) is 33.3 Å². The van der Waals surface area contributed by atoms with Gasteiger partial charge in [0.1, 0.15) is 12.1 Å². The first-order chi connectivity index (χ1) is 22.3. The molecule has 6 rings (SSSR count). The van der Waals surface area contributed by atoms with E-state index < -0.39 is 12.1 Å². The summed E-state index contributed by atoms with van der Waals surface area (Å²) in [5, 5.41) is 4.72. The number of nitrogens with zero attached hydrogens (tertiary/aromatic N) is 2. The molecule has 2 aromatic carbocycles. The van der Waals surface area contributed by atoms with E-state index in [-0.39, 0.29) is 48.3 Å². The van der Waals surface area contributed by atoms with Crippen molar-refractivity contribution in [1.82, 2.24) is 20.4 Å². The smallest absolute Gasteiger partial charge is 0.255 e. The number of imide groups is 2. The summed E-state index contributed by atoms with van der Waals surface area (Å²) in [7, 11) is 0. The fourth-order valence-corrected chi connectivity index (χ4v) is 8.84. The van der Waals surface area contributed by atoms with Gasteiger partial charge in [-0.1, -0.05) is 37.8 Å². The molecule has 2 unspecified atom stereocenters. The number of unbranched alkanes of at least 4 members (excludes halogenated alkanes) is 5. The third-order valence-corrected chi connectivity index (χ3v) is 11.5. The van der Waals surface area contributed by atoms with Gasteiger partial charge < -0.3 is 9.80 Å². The van der Waals surface area contributed by atoms with Crippen LogP contribution in [0.25, 0.3) is 0 Å². The molecule has 4 aliphatic heterocycles. The van der Waals surface area contributed by atoms with Gasteiger partial charge in [0, 0.05) is 46.8 Å². The molecule has 12 heteroatoms. The van der Waals surface area contributed by atoms with Crippen molar-refractivity contribution in [3.05, 3.63) is 58.7 Å². The van der Waals surface area contributed by atoms with Crippen molar-refractivity contribution in [2.75, 3.05) is 11.5 Å². The van der Waals surface area contributed by atoms with Crippen LogP contribution in [0.1, 0.15) is 96.1 Å². The SMILES string of the molecule is O=C1CCC(N2Cc3c(SCCCCCCCCSc4cccc5c4CN(C4CCC(=O)NC4=O)C5=O)cccc3C2=O)C(=O)N1. The molecule has 0 aromatic heterocycles. The van der Waals surface area contributed by atoms with Crippen LogP contribution in [0.5, 0.6) is 0 Å². The van der Waals surface area contributed by atoms with Crippen LogP contribution in [0.15, 0.2) is 46.2 Å².